The van der Waals surface area contributed by atoms with Crippen molar-refractivity contribution in [1.82, 2.24) is 0 Å². The number of hydrogen-bond acceptors (Lipinski definition) is 6. The lowest BCUT2D eigenvalue weighted by Crippen LogP contribution is -2.47. The van der Waals surface area contributed by atoms with E-state index in [2.05, 4.69) is 23.8 Å². The van der Waals surface area contributed by atoms with E-state index in [1.165, 1.54) is 9.91 Å². The van der Waals surface area contributed by atoms with E-state index in [0.29, 0.717) is 34.0 Å². The fraction of sp³-hybridized carbons (Fsp3) is 0.200. The van der Waals surface area contributed by atoms with E-state index in [1.807, 2.05) is 42.5 Å². The minimum absolute atomic E-state index is 0.195. The van der Waals surface area contributed by atoms with Crippen molar-refractivity contribution in [3.63, 3.8) is 0 Å². The van der Waals surface area contributed by atoms with Crippen LogP contribution in [0.5, 0.6) is 5.75 Å². The average molecular weight is 508 g/mol. The van der Waals surface area contributed by atoms with Crippen LogP contribution in [-0.2, 0) is 9.59 Å². The number of carbonyl (C=O) groups is 2. The van der Waals surface area contributed by atoms with Gasteiger partial charge in [-0.15, -0.1) is 5.10 Å². The molecule has 3 aromatic rings. The zero-order valence-electron chi connectivity index (χ0n) is 21.9. The Hall–Kier alpha value is -4.72. The Morgan fingerprint density at radius 1 is 0.868 bits per heavy atom. The van der Waals surface area contributed by atoms with Crippen molar-refractivity contribution in [1.29, 1.82) is 0 Å². The summed E-state index contributed by atoms with van der Waals surface area (Å²) in [6.07, 6.45) is 0. The zero-order chi connectivity index (χ0) is 26.8. The molecule has 2 amide bonds. The molecule has 0 saturated heterocycles. The van der Waals surface area contributed by atoms with Crippen molar-refractivity contribution in [3.8, 4) is 5.75 Å². The summed E-state index contributed by atoms with van der Waals surface area (Å²) in [4.78, 5) is 36.1. The van der Waals surface area contributed by atoms with Gasteiger partial charge in [0.05, 0.1) is 29.7 Å². The molecule has 0 spiro atoms. The highest BCUT2D eigenvalue weighted by atomic mass is 16.5. The number of amides is 2. The van der Waals surface area contributed by atoms with Crippen molar-refractivity contribution in [2.45, 2.75) is 20.8 Å². The van der Waals surface area contributed by atoms with Crippen molar-refractivity contribution in [2.75, 3.05) is 35.0 Å². The van der Waals surface area contributed by atoms with E-state index in [0.717, 1.165) is 18.8 Å². The summed E-state index contributed by atoms with van der Waals surface area (Å²) in [5.41, 5.74) is 3.88. The number of nitrogens with zero attached hydrogens (tertiary/aromatic N) is 5. The van der Waals surface area contributed by atoms with E-state index in [9.17, 15) is 9.59 Å². The zero-order valence-corrected chi connectivity index (χ0v) is 21.9. The van der Waals surface area contributed by atoms with Gasteiger partial charge in [0.15, 0.2) is 5.84 Å². The molecule has 0 N–H and O–H groups in total. The summed E-state index contributed by atoms with van der Waals surface area (Å²) in [5, 5.41) is 5.94. The largest absolute Gasteiger partial charge is 0.497 e. The molecule has 0 atom stereocenters. The molecular weight excluding hydrogens is 478 g/mol. The number of methoxy groups -OCH3 is 1. The lowest BCUT2D eigenvalue weighted by molar-refractivity contribution is -0.114. The second-order valence-corrected chi connectivity index (χ2v) is 8.87. The molecule has 3 aromatic carbocycles. The average Bonchev–Trinajstić information content (AvgIpc) is 3.29. The smallest absolute Gasteiger partial charge is 0.283 e. The third-order valence-electron chi connectivity index (χ3n) is 6.70. The van der Waals surface area contributed by atoms with Crippen LogP contribution in [0.3, 0.4) is 0 Å². The van der Waals surface area contributed by atoms with Crippen LogP contribution in [0, 0.1) is 0 Å². The van der Waals surface area contributed by atoms with Gasteiger partial charge in [0, 0.05) is 24.8 Å². The first-order valence-corrected chi connectivity index (χ1v) is 12.6. The van der Waals surface area contributed by atoms with Crippen molar-refractivity contribution in [3.05, 3.63) is 90.0 Å². The summed E-state index contributed by atoms with van der Waals surface area (Å²) >= 11 is 0. The molecule has 8 heteroatoms. The number of para-hydroxylation sites is 1. The number of benzene rings is 3. The van der Waals surface area contributed by atoms with Crippen LogP contribution in [0.15, 0.2) is 100 Å². The number of rotatable bonds is 7. The number of hydrogen-bond donors (Lipinski definition) is 0. The van der Waals surface area contributed by atoms with Gasteiger partial charge in [-0.3, -0.25) is 14.5 Å². The lowest BCUT2D eigenvalue weighted by Gasteiger charge is -2.28. The minimum Gasteiger partial charge on any atom is -0.497 e. The topological polar surface area (TPSA) is 77.8 Å². The lowest BCUT2D eigenvalue weighted by atomic mass is 9.96. The summed E-state index contributed by atoms with van der Waals surface area (Å²) in [5.74, 6) is 0.173. The molecule has 0 fully saturated rings. The van der Waals surface area contributed by atoms with Gasteiger partial charge in [0.2, 0.25) is 0 Å². The Morgan fingerprint density at radius 3 is 2.21 bits per heavy atom. The highest BCUT2D eigenvalue weighted by Crippen LogP contribution is 2.35. The van der Waals surface area contributed by atoms with Crippen LogP contribution >= 0.6 is 0 Å². The quantitative estimate of drug-likeness (QED) is 0.433. The number of fused-ring (bicyclic) bond motifs is 1. The Balaban J connectivity index is 1.64. The maximum absolute atomic E-state index is 14.0. The van der Waals surface area contributed by atoms with E-state index in [1.54, 1.807) is 50.4 Å². The molecule has 2 aliphatic rings. The van der Waals surface area contributed by atoms with E-state index >= 15 is 0 Å². The second kappa shape index (κ2) is 10.3. The Kier molecular flexibility index (Phi) is 6.79. The number of aliphatic imine (C=N–C) groups is 1. The molecule has 2 aliphatic heterocycles. The van der Waals surface area contributed by atoms with Crippen LogP contribution in [0.25, 0.3) is 0 Å². The van der Waals surface area contributed by atoms with Crippen molar-refractivity contribution < 1.29 is 14.3 Å². The van der Waals surface area contributed by atoms with Crippen molar-refractivity contribution in [2.24, 2.45) is 10.1 Å². The fourth-order valence-corrected chi connectivity index (χ4v) is 4.68. The number of ether oxygens (including phenoxy) is 1. The SMILES string of the molecule is CCN(CC)c1ccc(N=C2C(=O)N(c3cccc(OC)c3)C3=NN(c4ccccc4)C(=O)C3=C2C)cc1. The normalized spacial score (nSPS) is 16.2. The monoisotopic (exact) mass is 507 g/mol. The van der Waals surface area contributed by atoms with Crippen LogP contribution in [-0.4, -0.2) is 43.6 Å². The molecule has 192 valence electrons. The van der Waals surface area contributed by atoms with Gasteiger partial charge in [-0.1, -0.05) is 24.3 Å². The number of carbonyl (C=O) groups excluding carboxylic acids is 2. The summed E-state index contributed by atoms with van der Waals surface area (Å²) in [7, 11) is 1.56. The Labute approximate surface area is 222 Å². The fourth-order valence-electron chi connectivity index (χ4n) is 4.68. The predicted molar refractivity (Wildman–Crippen MR) is 152 cm³/mol. The van der Waals surface area contributed by atoms with Gasteiger partial charge in [0.1, 0.15) is 11.5 Å². The molecule has 38 heavy (non-hydrogen) atoms. The highest BCUT2D eigenvalue weighted by Gasteiger charge is 2.45. The third kappa shape index (κ3) is 4.34. The molecule has 0 bridgehead atoms. The summed E-state index contributed by atoms with van der Waals surface area (Å²) in [6, 6.07) is 24.0. The van der Waals surface area contributed by atoms with Crippen LogP contribution in [0.2, 0.25) is 0 Å². The molecule has 8 nitrogen and oxygen atoms in total. The van der Waals surface area contributed by atoms with E-state index in [4.69, 9.17) is 9.73 Å². The Morgan fingerprint density at radius 2 is 1.55 bits per heavy atom. The first-order valence-electron chi connectivity index (χ1n) is 12.6. The number of amidine groups is 1. The third-order valence-corrected chi connectivity index (χ3v) is 6.70. The van der Waals surface area contributed by atoms with E-state index in [-0.39, 0.29) is 23.4 Å². The Bertz CT molecular complexity index is 1470. The first-order chi connectivity index (χ1) is 18.5. The van der Waals surface area contributed by atoms with Gasteiger partial charge in [-0.05, 0) is 74.9 Å². The van der Waals surface area contributed by atoms with Gasteiger partial charge >= 0.3 is 0 Å². The van der Waals surface area contributed by atoms with Crippen molar-refractivity contribution >= 4 is 46.1 Å². The number of hydrazone groups is 1. The van der Waals surface area contributed by atoms with Gasteiger partial charge in [-0.2, -0.15) is 5.01 Å². The molecular formula is C30H29N5O3. The summed E-state index contributed by atoms with van der Waals surface area (Å²) in [6.45, 7) is 7.76. The maximum atomic E-state index is 14.0. The van der Waals surface area contributed by atoms with Gasteiger partial charge in [-0.25, -0.2) is 4.99 Å². The van der Waals surface area contributed by atoms with Crippen LogP contribution in [0.4, 0.5) is 22.7 Å². The predicted octanol–water partition coefficient (Wildman–Crippen LogP) is 5.34. The standard InChI is InChI=1S/C30H29N5O3/c1-5-33(6-2)22-17-15-21(16-18-22)31-27-20(3)26-28(32-35(29(26)36)23-11-8-7-9-12-23)34(30(27)37)24-13-10-14-25(19-24)38-4/h7-19H,5-6H2,1-4H3. The molecule has 2 heterocycles. The maximum Gasteiger partial charge on any atom is 0.283 e. The molecule has 0 aliphatic carbocycles. The number of anilines is 3. The van der Waals surface area contributed by atoms with Gasteiger partial charge < -0.3 is 9.64 Å². The summed E-state index contributed by atoms with van der Waals surface area (Å²) < 4.78 is 5.39. The molecule has 0 radical (unpaired) electrons. The first kappa shape index (κ1) is 25.0. The molecule has 0 saturated carbocycles. The van der Waals surface area contributed by atoms with Crippen LogP contribution in [0.1, 0.15) is 20.8 Å². The molecule has 0 aromatic heterocycles. The second-order valence-electron chi connectivity index (χ2n) is 8.87. The molecule has 5 rings (SSSR count). The van der Waals surface area contributed by atoms with E-state index < -0.39 is 0 Å². The highest BCUT2D eigenvalue weighted by molar-refractivity contribution is 6.61. The van der Waals surface area contributed by atoms with Crippen LogP contribution < -0.4 is 19.5 Å². The minimum atomic E-state index is -0.367. The van der Waals surface area contributed by atoms with Gasteiger partial charge in [0.25, 0.3) is 11.8 Å². The molecule has 0 unspecified atom stereocenters.